The summed E-state index contributed by atoms with van der Waals surface area (Å²) in [5, 5.41) is 7.26. The molecule has 1 aliphatic heterocycles. The summed E-state index contributed by atoms with van der Waals surface area (Å²) < 4.78 is 45.6. The van der Waals surface area contributed by atoms with E-state index in [1.165, 1.54) is 4.52 Å². The Morgan fingerprint density at radius 3 is 2.59 bits per heavy atom. The molecule has 9 nitrogen and oxygen atoms in total. The largest absolute Gasteiger partial charge is 0.471 e. The number of alkyl carbamates (subject to hydrolysis) is 1. The number of carbonyl (C=O) groups is 2. The van der Waals surface area contributed by atoms with Crippen LogP contribution in [0.25, 0.3) is 5.65 Å². The lowest BCUT2D eigenvalue weighted by Crippen LogP contribution is -2.40. The second kappa shape index (κ2) is 9.30. The van der Waals surface area contributed by atoms with Crippen molar-refractivity contribution in [3.8, 4) is 0 Å². The van der Waals surface area contributed by atoms with E-state index in [1.54, 1.807) is 40.0 Å². The Labute approximate surface area is 196 Å². The average molecular weight is 485 g/mol. The molecular formula is C22H31F3N6O3. The standard InChI is InChI=1S/C22H31F3N6O3/c1-7-16(29(6)19(32)22(23,24)25)15-10-17-27-18(13(2)11-31(17)28-15)30-9-8-14(12-30)26-20(33)34-21(3,4)5/h10-11,14,16H,7-9,12H2,1-6H3,(H,26,33)/t14-,16-/m0/s1. The maximum Gasteiger partial charge on any atom is 0.471 e. The van der Waals surface area contributed by atoms with E-state index in [0.717, 1.165) is 19.0 Å². The third kappa shape index (κ3) is 5.71. The lowest BCUT2D eigenvalue weighted by molar-refractivity contribution is -0.186. The van der Waals surface area contributed by atoms with Gasteiger partial charge in [0.15, 0.2) is 5.65 Å². The number of nitrogens with one attached hydrogen (secondary N) is 1. The van der Waals surface area contributed by atoms with Crippen molar-refractivity contribution < 1.29 is 27.5 Å². The summed E-state index contributed by atoms with van der Waals surface area (Å²) in [4.78, 5) is 31.2. The predicted octanol–water partition coefficient (Wildman–Crippen LogP) is 3.61. The highest BCUT2D eigenvalue weighted by Gasteiger charge is 2.43. The number of hydrogen-bond acceptors (Lipinski definition) is 6. The van der Waals surface area contributed by atoms with Gasteiger partial charge in [-0.3, -0.25) is 4.79 Å². The first-order chi connectivity index (χ1) is 15.7. The molecule has 0 bridgehead atoms. The second-order valence-corrected chi connectivity index (χ2v) is 9.54. The Morgan fingerprint density at radius 1 is 1.32 bits per heavy atom. The molecule has 12 heteroatoms. The third-order valence-corrected chi connectivity index (χ3v) is 5.59. The van der Waals surface area contributed by atoms with Crippen LogP contribution in [0.5, 0.6) is 0 Å². The molecule has 2 aromatic heterocycles. The van der Waals surface area contributed by atoms with Gasteiger partial charge in [0.1, 0.15) is 11.4 Å². The summed E-state index contributed by atoms with van der Waals surface area (Å²) in [5.74, 6) is -1.21. The van der Waals surface area contributed by atoms with Crippen molar-refractivity contribution >= 4 is 23.5 Å². The van der Waals surface area contributed by atoms with Crippen LogP contribution in [0.15, 0.2) is 12.3 Å². The van der Waals surface area contributed by atoms with E-state index in [1.807, 2.05) is 11.8 Å². The lowest BCUT2D eigenvalue weighted by atomic mass is 10.1. The van der Waals surface area contributed by atoms with Crippen molar-refractivity contribution in [2.24, 2.45) is 0 Å². The van der Waals surface area contributed by atoms with Gasteiger partial charge in [-0.25, -0.2) is 14.3 Å². The van der Waals surface area contributed by atoms with Gasteiger partial charge < -0.3 is 19.9 Å². The Hall–Kier alpha value is -3.05. The van der Waals surface area contributed by atoms with E-state index in [4.69, 9.17) is 4.74 Å². The quantitative estimate of drug-likeness (QED) is 0.697. The molecule has 2 amide bonds. The van der Waals surface area contributed by atoms with E-state index in [2.05, 4.69) is 15.4 Å². The molecule has 2 aromatic rings. The molecule has 1 N–H and O–H groups in total. The van der Waals surface area contributed by atoms with E-state index in [-0.39, 0.29) is 12.5 Å². The molecule has 34 heavy (non-hydrogen) atoms. The number of ether oxygens (including phenoxy) is 1. The van der Waals surface area contributed by atoms with Crippen LogP contribution in [-0.4, -0.2) is 69.5 Å². The number of anilines is 1. The first kappa shape index (κ1) is 25.6. The molecule has 1 fully saturated rings. The number of rotatable bonds is 5. The van der Waals surface area contributed by atoms with Crippen LogP contribution >= 0.6 is 0 Å². The Balaban J connectivity index is 1.78. The zero-order valence-electron chi connectivity index (χ0n) is 20.2. The van der Waals surface area contributed by atoms with Crippen LogP contribution in [0.4, 0.5) is 23.8 Å². The first-order valence-corrected chi connectivity index (χ1v) is 11.1. The normalized spacial score (nSPS) is 17.7. The van der Waals surface area contributed by atoms with Gasteiger partial charge in [0, 0.05) is 38.0 Å². The molecule has 3 rings (SSSR count). The zero-order valence-corrected chi connectivity index (χ0v) is 20.2. The highest BCUT2D eigenvalue weighted by molar-refractivity contribution is 5.82. The predicted molar refractivity (Wildman–Crippen MR) is 120 cm³/mol. The Bertz CT molecular complexity index is 1060. The van der Waals surface area contributed by atoms with Gasteiger partial charge in [0.05, 0.1) is 17.8 Å². The molecule has 188 valence electrons. The van der Waals surface area contributed by atoms with Gasteiger partial charge in [-0.15, -0.1) is 0 Å². The molecule has 0 unspecified atom stereocenters. The van der Waals surface area contributed by atoms with Gasteiger partial charge in [-0.1, -0.05) is 6.92 Å². The Kier molecular flexibility index (Phi) is 6.99. The summed E-state index contributed by atoms with van der Waals surface area (Å²) in [6.07, 6.45) is -2.68. The van der Waals surface area contributed by atoms with Gasteiger partial charge in [-0.05, 0) is 40.5 Å². The number of hydrogen-bond donors (Lipinski definition) is 1. The number of aryl methyl sites for hydroxylation is 1. The van der Waals surface area contributed by atoms with Crippen molar-refractivity contribution in [1.82, 2.24) is 24.8 Å². The van der Waals surface area contributed by atoms with Gasteiger partial charge >= 0.3 is 18.2 Å². The maximum absolute atomic E-state index is 12.9. The number of aromatic nitrogens is 3. The van der Waals surface area contributed by atoms with Crippen LogP contribution < -0.4 is 10.2 Å². The summed E-state index contributed by atoms with van der Waals surface area (Å²) >= 11 is 0. The second-order valence-electron chi connectivity index (χ2n) is 9.54. The number of carbonyl (C=O) groups excluding carboxylic acids is 2. The summed E-state index contributed by atoms with van der Waals surface area (Å²) in [6.45, 7) is 10.2. The van der Waals surface area contributed by atoms with Gasteiger partial charge in [0.2, 0.25) is 0 Å². The van der Waals surface area contributed by atoms with Crippen molar-refractivity contribution in [3.63, 3.8) is 0 Å². The minimum absolute atomic E-state index is 0.0979. The smallest absolute Gasteiger partial charge is 0.444 e. The van der Waals surface area contributed by atoms with Crippen LogP contribution in [0, 0.1) is 6.92 Å². The fourth-order valence-electron chi connectivity index (χ4n) is 4.07. The molecule has 0 aliphatic carbocycles. The monoisotopic (exact) mass is 484 g/mol. The topological polar surface area (TPSA) is 92.1 Å². The van der Waals surface area contributed by atoms with Crippen molar-refractivity contribution in [2.75, 3.05) is 25.0 Å². The van der Waals surface area contributed by atoms with Crippen LogP contribution in [0.3, 0.4) is 0 Å². The summed E-state index contributed by atoms with van der Waals surface area (Å²) in [7, 11) is 1.13. The minimum atomic E-state index is -4.96. The number of nitrogens with zero attached hydrogens (tertiary/aromatic N) is 5. The zero-order chi connectivity index (χ0) is 25.4. The molecule has 0 spiro atoms. The van der Waals surface area contributed by atoms with Crippen molar-refractivity contribution in [1.29, 1.82) is 0 Å². The molecule has 0 saturated carbocycles. The highest BCUT2D eigenvalue weighted by Crippen LogP contribution is 2.29. The average Bonchev–Trinajstić information content (AvgIpc) is 3.31. The maximum atomic E-state index is 12.9. The molecule has 3 heterocycles. The molecule has 0 aromatic carbocycles. The van der Waals surface area contributed by atoms with E-state index in [9.17, 15) is 22.8 Å². The molecule has 2 atom stereocenters. The van der Waals surface area contributed by atoms with Crippen LogP contribution in [0.2, 0.25) is 0 Å². The van der Waals surface area contributed by atoms with Crippen LogP contribution in [-0.2, 0) is 9.53 Å². The molecular weight excluding hydrogens is 453 g/mol. The number of halogens is 3. The molecule has 1 saturated heterocycles. The fourth-order valence-corrected chi connectivity index (χ4v) is 4.07. The fraction of sp³-hybridized carbons (Fsp3) is 0.636. The van der Waals surface area contributed by atoms with Crippen molar-refractivity contribution in [3.05, 3.63) is 23.5 Å². The van der Waals surface area contributed by atoms with E-state index >= 15 is 0 Å². The third-order valence-electron chi connectivity index (χ3n) is 5.59. The minimum Gasteiger partial charge on any atom is -0.444 e. The van der Waals surface area contributed by atoms with Gasteiger partial charge in [-0.2, -0.15) is 18.3 Å². The van der Waals surface area contributed by atoms with Gasteiger partial charge in [0.25, 0.3) is 0 Å². The van der Waals surface area contributed by atoms with Crippen LogP contribution in [0.1, 0.15) is 57.8 Å². The number of fused-ring (bicyclic) bond motifs is 1. The van der Waals surface area contributed by atoms with E-state index < -0.39 is 29.8 Å². The molecule has 0 radical (unpaired) electrons. The van der Waals surface area contributed by atoms with Crippen molar-refractivity contribution in [2.45, 2.75) is 71.3 Å². The SMILES string of the molecule is CC[C@@H](c1cc2nc(N3CC[C@H](NC(=O)OC(C)(C)C)C3)c(C)cn2n1)N(C)C(=O)C(F)(F)F. The summed E-state index contributed by atoms with van der Waals surface area (Å²) in [6, 6.07) is 0.664. The highest BCUT2D eigenvalue weighted by atomic mass is 19.4. The number of alkyl halides is 3. The Morgan fingerprint density at radius 2 is 2.00 bits per heavy atom. The number of amides is 2. The summed E-state index contributed by atoms with van der Waals surface area (Å²) in [5.41, 5.74) is 1.04. The van der Waals surface area contributed by atoms with E-state index in [0.29, 0.717) is 35.1 Å². The molecule has 1 aliphatic rings. The first-order valence-electron chi connectivity index (χ1n) is 11.1. The lowest BCUT2D eigenvalue weighted by Gasteiger charge is -2.26.